The molecule has 1 aromatic heterocycles. The van der Waals surface area contributed by atoms with Gasteiger partial charge in [-0.25, -0.2) is 0 Å². The SMILES string of the molecule is CNC(CC1CCCCO1)c1cnccc1C. The van der Waals surface area contributed by atoms with Gasteiger partial charge in [0, 0.05) is 25.0 Å². The molecule has 1 aliphatic rings. The van der Waals surface area contributed by atoms with Crippen LogP contribution in [0.2, 0.25) is 0 Å². The van der Waals surface area contributed by atoms with Gasteiger partial charge >= 0.3 is 0 Å². The Kier molecular flexibility index (Phi) is 4.51. The third kappa shape index (κ3) is 3.27. The number of nitrogens with one attached hydrogen (secondary N) is 1. The van der Waals surface area contributed by atoms with Crippen LogP contribution in [0, 0.1) is 6.92 Å². The molecule has 1 aromatic rings. The van der Waals surface area contributed by atoms with E-state index in [1.807, 2.05) is 19.4 Å². The van der Waals surface area contributed by atoms with Crippen LogP contribution in [0.15, 0.2) is 18.5 Å². The van der Waals surface area contributed by atoms with Crippen molar-refractivity contribution in [3.05, 3.63) is 29.6 Å². The lowest BCUT2D eigenvalue weighted by molar-refractivity contribution is 0.00543. The molecule has 0 amide bonds. The molecule has 94 valence electrons. The lowest BCUT2D eigenvalue weighted by atomic mass is 9.95. The molecule has 0 aliphatic carbocycles. The van der Waals surface area contributed by atoms with Crippen LogP contribution in [0.25, 0.3) is 0 Å². The molecule has 0 bridgehead atoms. The highest BCUT2D eigenvalue weighted by molar-refractivity contribution is 5.25. The van der Waals surface area contributed by atoms with Crippen molar-refractivity contribution >= 4 is 0 Å². The molecular formula is C14H22N2O. The summed E-state index contributed by atoms with van der Waals surface area (Å²) in [6.07, 6.45) is 8.98. The first-order valence-electron chi connectivity index (χ1n) is 6.50. The molecule has 2 heterocycles. The van der Waals surface area contributed by atoms with Gasteiger partial charge in [-0.05, 0) is 56.8 Å². The number of pyridine rings is 1. The Bertz CT molecular complexity index is 348. The summed E-state index contributed by atoms with van der Waals surface area (Å²) in [6.45, 7) is 3.07. The maximum absolute atomic E-state index is 5.81. The first-order valence-corrected chi connectivity index (χ1v) is 6.50. The van der Waals surface area contributed by atoms with E-state index in [0.29, 0.717) is 12.1 Å². The molecule has 1 N–H and O–H groups in total. The molecule has 3 heteroatoms. The Hall–Kier alpha value is -0.930. The molecule has 1 saturated heterocycles. The average molecular weight is 234 g/mol. The lowest BCUT2D eigenvalue weighted by Gasteiger charge is -2.27. The summed E-state index contributed by atoms with van der Waals surface area (Å²) in [6, 6.07) is 2.42. The maximum Gasteiger partial charge on any atom is 0.0593 e. The Labute approximate surface area is 104 Å². The van der Waals surface area contributed by atoms with Crippen molar-refractivity contribution in [2.75, 3.05) is 13.7 Å². The highest BCUT2D eigenvalue weighted by atomic mass is 16.5. The minimum atomic E-state index is 0.354. The number of hydrogen-bond acceptors (Lipinski definition) is 3. The van der Waals surface area contributed by atoms with Gasteiger partial charge in [0.25, 0.3) is 0 Å². The van der Waals surface area contributed by atoms with Gasteiger partial charge in [0.1, 0.15) is 0 Å². The fourth-order valence-electron chi connectivity index (χ4n) is 2.50. The smallest absolute Gasteiger partial charge is 0.0593 e. The Morgan fingerprint density at radius 3 is 3.06 bits per heavy atom. The molecule has 0 radical (unpaired) electrons. The predicted molar refractivity (Wildman–Crippen MR) is 69.0 cm³/mol. The quantitative estimate of drug-likeness (QED) is 0.869. The largest absolute Gasteiger partial charge is 0.378 e. The summed E-state index contributed by atoms with van der Waals surface area (Å²) >= 11 is 0. The Morgan fingerprint density at radius 2 is 2.41 bits per heavy atom. The van der Waals surface area contributed by atoms with Gasteiger partial charge in [0.15, 0.2) is 0 Å². The molecule has 1 aliphatic heterocycles. The molecule has 2 rings (SSSR count). The van der Waals surface area contributed by atoms with Crippen LogP contribution in [0.5, 0.6) is 0 Å². The van der Waals surface area contributed by atoms with Crippen molar-refractivity contribution in [3.8, 4) is 0 Å². The van der Waals surface area contributed by atoms with Crippen molar-refractivity contribution in [1.82, 2.24) is 10.3 Å². The molecule has 2 unspecified atom stereocenters. The summed E-state index contributed by atoms with van der Waals surface area (Å²) in [4.78, 5) is 4.23. The molecule has 0 aromatic carbocycles. The van der Waals surface area contributed by atoms with E-state index in [9.17, 15) is 0 Å². The van der Waals surface area contributed by atoms with Crippen molar-refractivity contribution in [3.63, 3.8) is 0 Å². The van der Waals surface area contributed by atoms with Crippen molar-refractivity contribution in [2.45, 2.75) is 44.8 Å². The first-order chi connectivity index (χ1) is 8.31. The second-order valence-corrected chi connectivity index (χ2v) is 4.80. The molecule has 2 atom stereocenters. The standard InChI is InChI=1S/C14H22N2O/c1-11-6-7-16-10-13(11)14(15-2)9-12-5-3-4-8-17-12/h6-7,10,12,14-15H,3-5,8-9H2,1-2H3. The monoisotopic (exact) mass is 234 g/mol. The van der Waals surface area contributed by atoms with Crippen molar-refractivity contribution < 1.29 is 4.74 Å². The normalized spacial score (nSPS) is 22.4. The van der Waals surface area contributed by atoms with E-state index in [1.54, 1.807) is 0 Å². The highest BCUT2D eigenvalue weighted by Gasteiger charge is 2.20. The maximum atomic E-state index is 5.81. The lowest BCUT2D eigenvalue weighted by Crippen LogP contribution is -2.27. The van der Waals surface area contributed by atoms with Crippen LogP contribution in [-0.2, 0) is 4.74 Å². The van der Waals surface area contributed by atoms with Gasteiger partial charge in [-0.1, -0.05) is 0 Å². The van der Waals surface area contributed by atoms with Gasteiger partial charge in [0.2, 0.25) is 0 Å². The molecule has 0 spiro atoms. The Morgan fingerprint density at radius 1 is 1.53 bits per heavy atom. The number of nitrogens with zero attached hydrogens (tertiary/aromatic N) is 1. The van der Waals surface area contributed by atoms with Crippen LogP contribution < -0.4 is 5.32 Å². The van der Waals surface area contributed by atoms with E-state index >= 15 is 0 Å². The minimum absolute atomic E-state index is 0.354. The number of ether oxygens (including phenoxy) is 1. The zero-order chi connectivity index (χ0) is 12.1. The number of aromatic nitrogens is 1. The summed E-state index contributed by atoms with van der Waals surface area (Å²) in [5, 5.41) is 3.39. The molecule has 17 heavy (non-hydrogen) atoms. The molecule has 1 fully saturated rings. The third-order valence-corrected chi connectivity index (χ3v) is 3.58. The van der Waals surface area contributed by atoms with Crippen LogP contribution in [0.1, 0.15) is 42.9 Å². The average Bonchev–Trinajstić information content (AvgIpc) is 2.38. The van der Waals surface area contributed by atoms with E-state index in [1.165, 1.54) is 30.4 Å². The van der Waals surface area contributed by atoms with Gasteiger partial charge < -0.3 is 10.1 Å². The third-order valence-electron chi connectivity index (χ3n) is 3.58. The minimum Gasteiger partial charge on any atom is -0.378 e. The summed E-state index contributed by atoms with van der Waals surface area (Å²) in [7, 11) is 2.01. The van der Waals surface area contributed by atoms with E-state index in [-0.39, 0.29) is 0 Å². The highest BCUT2D eigenvalue weighted by Crippen LogP contribution is 2.25. The predicted octanol–water partition coefficient (Wildman–Crippen LogP) is 2.61. The first kappa shape index (κ1) is 12.5. The van der Waals surface area contributed by atoms with Crippen molar-refractivity contribution in [2.24, 2.45) is 0 Å². The van der Waals surface area contributed by atoms with E-state index in [4.69, 9.17) is 4.74 Å². The summed E-state index contributed by atoms with van der Waals surface area (Å²) < 4.78 is 5.81. The number of aryl methyl sites for hydroxylation is 1. The fourth-order valence-corrected chi connectivity index (χ4v) is 2.50. The zero-order valence-corrected chi connectivity index (χ0v) is 10.8. The van der Waals surface area contributed by atoms with Crippen LogP contribution >= 0.6 is 0 Å². The van der Waals surface area contributed by atoms with Crippen molar-refractivity contribution in [1.29, 1.82) is 0 Å². The fraction of sp³-hybridized carbons (Fsp3) is 0.643. The van der Waals surface area contributed by atoms with E-state index < -0.39 is 0 Å². The van der Waals surface area contributed by atoms with Gasteiger partial charge in [-0.2, -0.15) is 0 Å². The van der Waals surface area contributed by atoms with Gasteiger partial charge in [0.05, 0.1) is 6.10 Å². The van der Waals surface area contributed by atoms with E-state index in [2.05, 4.69) is 23.3 Å². The second-order valence-electron chi connectivity index (χ2n) is 4.80. The van der Waals surface area contributed by atoms with Gasteiger partial charge in [-0.3, -0.25) is 4.98 Å². The number of hydrogen-bond donors (Lipinski definition) is 1. The molecule has 3 nitrogen and oxygen atoms in total. The Balaban J connectivity index is 2.03. The van der Waals surface area contributed by atoms with Crippen LogP contribution in [0.3, 0.4) is 0 Å². The number of rotatable bonds is 4. The summed E-state index contributed by atoms with van der Waals surface area (Å²) in [5.41, 5.74) is 2.60. The van der Waals surface area contributed by atoms with Crippen LogP contribution in [0.4, 0.5) is 0 Å². The van der Waals surface area contributed by atoms with Gasteiger partial charge in [-0.15, -0.1) is 0 Å². The molecular weight excluding hydrogens is 212 g/mol. The zero-order valence-electron chi connectivity index (χ0n) is 10.8. The summed E-state index contributed by atoms with van der Waals surface area (Å²) in [5.74, 6) is 0. The second kappa shape index (κ2) is 6.12. The van der Waals surface area contributed by atoms with Crippen LogP contribution in [-0.4, -0.2) is 24.7 Å². The topological polar surface area (TPSA) is 34.1 Å². The molecule has 0 saturated carbocycles. The van der Waals surface area contributed by atoms with E-state index in [0.717, 1.165) is 13.0 Å².